The van der Waals surface area contributed by atoms with E-state index >= 15 is 0 Å². The van der Waals surface area contributed by atoms with Gasteiger partial charge in [0, 0.05) is 25.2 Å². The maximum atomic E-state index is 14.1. The molecule has 0 bridgehead atoms. The molecule has 0 radical (unpaired) electrons. The molecule has 1 heterocycles. The van der Waals surface area contributed by atoms with Crippen LogP contribution in [0, 0.1) is 11.7 Å². The third-order valence-electron chi connectivity index (χ3n) is 4.88. The summed E-state index contributed by atoms with van der Waals surface area (Å²) in [6.45, 7) is 3.42. The fourth-order valence-corrected chi connectivity index (χ4v) is 3.48. The zero-order chi connectivity index (χ0) is 19.2. The molecular formula is C21H26FN3O2. The van der Waals surface area contributed by atoms with E-state index in [0.29, 0.717) is 18.7 Å². The summed E-state index contributed by atoms with van der Waals surface area (Å²) in [7, 11) is 1.62. The van der Waals surface area contributed by atoms with Gasteiger partial charge >= 0.3 is 0 Å². The van der Waals surface area contributed by atoms with Crippen molar-refractivity contribution < 1.29 is 13.9 Å². The van der Waals surface area contributed by atoms with Gasteiger partial charge in [0.25, 0.3) is 0 Å². The molecular weight excluding hydrogens is 345 g/mol. The maximum Gasteiger partial charge on any atom is 0.229 e. The van der Waals surface area contributed by atoms with Crippen LogP contribution in [-0.4, -0.2) is 31.0 Å². The lowest BCUT2D eigenvalue weighted by Gasteiger charge is -2.28. The first-order chi connectivity index (χ1) is 13.1. The molecule has 1 saturated heterocycles. The van der Waals surface area contributed by atoms with Crippen LogP contribution in [0.3, 0.4) is 0 Å². The average Bonchev–Trinajstić information content (AvgIpc) is 3.18. The van der Waals surface area contributed by atoms with Crippen molar-refractivity contribution in [1.82, 2.24) is 15.8 Å². The molecule has 2 atom stereocenters. The summed E-state index contributed by atoms with van der Waals surface area (Å²) in [5, 5.41) is 0. The van der Waals surface area contributed by atoms with Gasteiger partial charge in [-0.25, -0.2) is 9.82 Å². The van der Waals surface area contributed by atoms with Crippen molar-refractivity contribution in [3.05, 3.63) is 65.5 Å². The SMILES string of the molecule is CCCN(Cc1ccccc1F)C(=O)C1CNNC1c1cccc(OC)c1. The Kier molecular flexibility index (Phi) is 6.42. The summed E-state index contributed by atoms with van der Waals surface area (Å²) < 4.78 is 19.4. The Balaban J connectivity index is 1.80. The molecule has 27 heavy (non-hydrogen) atoms. The van der Waals surface area contributed by atoms with Gasteiger partial charge in [-0.1, -0.05) is 37.3 Å². The second kappa shape index (κ2) is 8.97. The topological polar surface area (TPSA) is 53.6 Å². The van der Waals surface area contributed by atoms with E-state index in [1.807, 2.05) is 31.2 Å². The summed E-state index contributed by atoms with van der Waals surface area (Å²) >= 11 is 0. The van der Waals surface area contributed by atoms with Crippen molar-refractivity contribution in [2.24, 2.45) is 5.92 Å². The molecule has 1 aliphatic rings. The van der Waals surface area contributed by atoms with Gasteiger partial charge in [-0.3, -0.25) is 10.2 Å². The van der Waals surface area contributed by atoms with Crippen LogP contribution in [-0.2, 0) is 11.3 Å². The molecule has 1 aliphatic heterocycles. The number of halogens is 1. The minimum absolute atomic E-state index is 0.0189. The monoisotopic (exact) mass is 371 g/mol. The molecule has 2 unspecified atom stereocenters. The molecule has 0 saturated carbocycles. The molecule has 2 aromatic rings. The van der Waals surface area contributed by atoms with E-state index in [0.717, 1.165) is 17.7 Å². The molecule has 1 fully saturated rings. The highest BCUT2D eigenvalue weighted by atomic mass is 19.1. The Morgan fingerprint density at radius 2 is 2.07 bits per heavy atom. The summed E-state index contributed by atoms with van der Waals surface area (Å²) in [6.07, 6.45) is 0.817. The Morgan fingerprint density at radius 3 is 2.81 bits per heavy atom. The highest BCUT2D eigenvalue weighted by molar-refractivity contribution is 5.80. The molecule has 0 spiro atoms. The third kappa shape index (κ3) is 4.46. The fourth-order valence-electron chi connectivity index (χ4n) is 3.48. The first-order valence-electron chi connectivity index (χ1n) is 9.28. The van der Waals surface area contributed by atoms with E-state index in [1.54, 1.807) is 30.2 Å². The van der Waals surface area contributed by atoms with Crippen LogP contribution in [0.4, 0.5) is 4.39 Å². The second-order valence-corrected chi connectivity index (χ2v) is 6.74. The Bertz CT molecular complexity index is 784. The van der Waals surface area contributed by atoms with Gasteiger partial charge in [-0.2, -0.15) is 0 Å². The van der Waals surface area contributed by atoms with Gasteiger partial charge in [0.2, 0.25) is 5.91 Å². The fraction of sp³-hybridized carbons (Fsp3) is 0.381. The largest absolute Gasteiger partial charge is 0.497 e. The summed E-state index contributed by atoms with van der Waals surface area (Å²) in [4.78, 5) is 15.0. The van der Waals surface area contributed by atoms with Crippen molar-refractivity contribution in [3.63, 3.8) is 0 Å². The highest BCUT2D eigenvalue weighted by Crippen LogP contribution is 2.29. The number of nitrogens with one attached hydrogen (secondary N) is 2. The zero-order valence-electron chi connectivity index (χ0n) is 15.7. The lowest BCUT2D eigenvalue weighted by molar-refractivity contribution is -0.136. The van der Waals surface area contributed by atoms with Gasteiger partial charge in [0.15, 0.2) is 0 Å². The maximum absolute atomic E-state index is 14.1. The lowest BCUT2D eigenvalue weighted by atomic mass is 9.93. The van der Waals surface area contributed by atoms with Crippen molar-refractivity contribution in [2.45, 2.75) is 25.9 Å². The Morgan fingerprint density at radius 1 is 1.26 bits per heavy atom. The Hall–Kier alpha value is -2.44. The van der Waals surface area contributed by atoms with E-state index in [-0.39, 0.29) is 30.2 Å². The van der Waals surface area contributed by atoms with Gasteiger partial charge in [-0.15, -0.1) is 0 Å². The molecule has 6 heteroatoms. The molecule has 5 nitrogen and oxygen atoms in total. The van der Waals surface area contributed by atoms with Crippen LogP contribution in [0.15, 0.2) is 48.5 Å². The van der Waals surface area contributed by atoms with E-state index in [1.165, 1.54) is 6.07 Å². The standard InChI is InChI=1S/C21H26FN3O2/c1-3-11-25(14-16-7-4-5-10-19(16)22)21(26)18-13-23-24-20(18)15-8-6-9-17(12-15)27-2/h4-10,12,18,20,23-24H,3,11,13-14H2,1-2H3. The molecule has 0 aromatic heterocycles. The number of hydrazine groups is 1. The predicted octanol–water partition coefficient (Wildman–Crippen LogP) is 3.04. The summed E-state index contributed by atoms with van der Waals surface area (Å²) in [5.74, 6) is 0.225. The number of carbonyl (C=O) groups is 1. The molecule has 144 valence electrons. The van der Waals surface area contributed by atoms with Gasteiger partial charge in [0.1, 0.15) is 11.6 Å². The van der Waals surface area contributed by atoms with Crippen LogP contribution in [0.2, 0.25) is 0 Å². The number of nitrogens with zero attached hydrogens (tertiary/aromatic N) is 1. The number of rotatable bonds is 7. The number of methoxy groups -OCH3 is 1. The zero-order valence-corrected chi connectivity index (χ0v) is 15.7. The van der Waals surface area contributed by atoms with Crippen molar-refractivity contribution >= 4 is 5.91 Å². The first-order valence-corrected chi connectivity index (χ1v) is 9.28. The number of hydrogen-bond donors (Lipinski definition) is 2. The average molecular weight is 371 g/mol. The molecule has 2 aromatic carbocycles. The summed E-state index contributed by atoms with van der Waals surface area (Å²) in [5.41, 5.74) is 7.82. The van der Waals surface area contributed by atoms with E-state index in [4.69, 9.17) is 4.74 Å². The van der Waals surface area contributed by atoms with Crippen molar-refractivity contribution in [3.8, 4) is 5.75 Å². The van der Waals surface area contributed by atoms with E-state index in [2.05, 4.69) is 10.9 Å². The lowest BCUT2D eigenvalue weighted by Crippen LogP contribution is -2.39. The first kappa shape index (κ1) is 19.3. The molecule has 0 aliphatic carbocycles. The van der Waals surface area contributed by atoms with Crippen molar-refractivity contribution in [1.29, 1.82) is 0 Å². The van der Waals surface area contributed by atoms with Crippen LogP contribution >= 0.6 is 0 Å². The van der Waals surface area contributed by atoms with Crippen LogP contribution in [0.25, 0.3) is 0 Å². The normalized spacial score (nSPS) is 19.1. The van der Waals surface area contributed by atoms with E-state index in [9.17, 15) is 9.18 Å². The van der Waals surface area contributed by atoms with Crippen LogP contribution < -0.4 is 15.6 Å². The predicted molar refractivity (Wildman–Crippen MR) is 102 cm³/mol. The molecule has 3 rings (SSSR count). The minimum atomic E-state index is -0.279. The minimum Gasteiger partial charge on any atom is -0.497 e. The number of ether oxygens (including phenoxy) is 1. The van der Waals surface area contributed by atoms with Crippen LogP contribution in [0.5, 0.6) is 5.75 Å². The smallest absolute Gasteiger partial charge is 0.229 e. The van der Waals surface area contributed by atoms with Crippen LogP contribution in [0.1, 0.15) is 30.5 Å². The second-order valence-electron chi connectivity index (χ2n) is 6.74. The quantitative estimate of drug-likeness (QED) is 0.786. The van der Waals surface area contributed by atoms with Crippen molar-refractivity contribution in [2.75, 3.05) is 20.2 Å². The van der Waals surface area contributed by atoms with Gasteiger partial charge < -0.3 is 9.64 Å². The van der Waals surface area contributed by atoms with E-state index < -0.39 is 0 Å². The number of hydrogen-bond acceptors (Lipinski definition) is 4. The summed E-state index contributed by atoms with van der Waals surface area (Å²) in [6, 6.07) is 14.2. The third-order valence-corrected chi connectivity index (χ3v) is 4.88. The number of amides is 1. The highest BCUT2D eigenvalue weighted by Gasteiger charge is 2.36. The number of benzene rings is 2. The molecule has 1 amide bonds. The van der Waals surface area contributed by atoms with Gasteiger partial charge in [-0.05, 0) is 30.2 Å². The van der Waals surface area contributed by atoms with Gasteiger partial charge in [0.05, 0.1) is 19.1 Å². The number of carbonyl (C=O) groups excluding carboxylic acids is 1. The Labute approximate surface area is 159 Å². The molecule has 2 N–H and O–H groups in total.